The molecule has 0 aliphatic carbocycles. The van der Waals surface area contributed by atoms with E-state index in [4.69, 9.17) is 0 Å². The Morgan fingerprint density at radius 2 is 1.71 bits per heavy atom. The van der Waals surface area contributed by atoms with Gasteiger partial charge in [0, 0.05) is 17.7 Å². The van der Waals surface area contributed by atoms with Gasteiger partial charge in [-0.3, -0.25) is 19.0 Å². The Balaban J connectivity index is 1.77. The summed E-state index contributed by atoms with van der Waals surface area (Å²) in [6.45, 7) is 2.45. The highest BCUT2D eigenvalue weighted by atomic mass is 32.2. The van der Waals surface area contributed by atoms with Gasteiger partial charge in [-0.05, 0) is 67.1 Å². The fourth-order valence-corrected chi connectivity index (χ4v) is 4.34. The second-order valence-corrected chi connectivity index (χ2v) is 8.66. The maximum atomic E-state index is 14.0. The van der Waals surface area contributed by atoms with Crippen molar-refractivity contribution in [1.82, 2.24) is 14.9 Å². The lowest BCUT2D eigenvalue weighted by molar-refractivity contribution is 0.0952. The van der Waals surface area contributed by atoms with Crippen LogP contribution in [0.4, 0.5) is 8.78 Å². The van der Waals surface area contributed by atoms with Gasteiger partial charge in [-0.25, -0.2) is 13.8 Å². The Bertz CT molecular complexity index is 1470. The van der Waals surface area contributed by atoms with E-state index in [9.17, 15) is 23.2 Å². The van der Waals surface area contributed by atoms with E-state index in [0.29, 0.717) is 17.7 Å². The van der Waals surface area contributed by atoms with Gasteiger partial charge in [-0.2, -0.15) is 0 Å². The van der Waals surface area contributed by atoms with Crippen LogP contribution in [0.25, 0.3) is 16.6 Å². The zero-order valence-electron chi connectivity index (χ0n) is 18.8. The number of hydrogen-bond acceptors (Lipinski definition) is 5. The molecule has 1 aromatic heterocycles. The summed E-state index contributed by atoms with van der Waals surface area (Å²) in [6.07, 6.45) is 0.777. The van der Waals surface area contributed by atoms with Crippen LogP contribution in [0.5, 0.6) is 0 Å². The highest BCUT2D eigenvalue weighted by molar-refractivity contribution is 7.99. The molecule has 0 spiro atoms. The molecule has 0 unspecified atom stereocenters. The van der Waals surface area contributed by atoms with Gasteiger partial charge in [0.05, 0.1) is 22.3 Å². The highest BCUT2D eigenvalue weighted by Crippen LogP contribution is 2.23. The number of nitrogens with zero attached hydrogens (tertiary/aromatic N) is 2. The number of nitrogens with one attached hydrogen (secondary N) is 1. The van der Waals surface area contributed by atoms with Gasteiger partial charge in [0.1, 0.15) is 11.6 Å². The summed E-state index contributed by atoms with van der Waals surface area (Å²) in [7, 11) is 0. The van der Waals surface area contributed by atoms with Crippen LogP contribution >= 0.6 is 11.8 Å². The Labute approximate surface area is 204 Å². The van der Waals surface area contributed by atoms with E-state index in [1.807, 2.05) is 6.92 Å². The number of hydrogen-bond donors (Lipinski definition) is 1. The van der Waals surface area contributed by atoms with Crippen LogP contribution in [0.1, 0.15) is 34.1 Å². The molecule has 0 aliphatic rings. The Morgan fingerprint density at radius 1 is 0.971 bits per heavy atom. The van der Waals surface area contributed by atoms with Crippen LogP contribution in [0, 0.1) is 11.6 Å². The van der Waals surface area contributed by atoms with E-state index in [2.05, 4.69) is 10.3 Å². The number of thioether (sulfide) groups is 1. The van der Waals surface area contributed by atoms with Crippen molar-refractivity contribution in [3.8, 4) is 5.69 Å². The van der Waals surface area contributed by atoms with Crippen molar-refractivity contribution in [2.24, 2.45) is 0 Å². The number of carbonyl (C=O) groups is 2. The van der Waals surface area contributed by atoms with Gasteiger partial charge in [0.15, 0.2) is 10.9 Å². The molecular formula is C26H21F2N3O3S. The van der Waals surface area contributed by atoms with Crippen molar-refractivity contribution < 1.29 is 18.4 Å². The van der Waals surface area contributed by atoms with Crippen LogP contribution in [0.15, 0.2) is 76.7 Å². The van der Waals surface area contributed by atoms with Crippen molar-refractivity contribution in [3.05, 3.63) is 99.8 Å². The normalized spacial score (nSPS) is 10.9. The standard InChI is InChI=1S/C26H21F2N3O3S/c1-2-12-29-24(33)17-8-11-21-22(13-17)30-26(31(25(21)34)20-5-3-4-19(28)14-20)35-15-23(32)16-6-9-18(27)10-7-16/h3-11,13-14H,2,12,15H2,1H3,(H,29,33). The molecule has 0 bridgehead atoms. The molecule has 35 heavy (non-hydrogen) atoms. The number of carbonyl (C=O) groups excluding carboxylic acids is 2. The second-order valence-electron chi connectivity index (χ2n) is 7.72. The molecule has 0 saturated heterocycles. The summed E-state index contributed by atoms with van der Waals surface area (Å²) in [5.74, 6) is -1.65. The molecular weight excluding hydrogens is 472 g/mol. The third-order valence-electron chi connectivity index (χ3n) is 5.20. The summed E-state index contributed by atoms with van der Waals surface area (Å²) >= 11 is 0.998. The van der Waals surface area contributed by atoms with E-state index in [1.165, 1.54) is 65.2 Å². The average Bonchev–Trinajstić information content (AvgIpc) is 2.86. The average molecular weight is 494 g/mol. The van der Waals surface area contributed by atoms with Gasteiger partial charge >= 0.3 is 0 Å². The molecule has 0 fully saturated rings. The summed E-state index contributed by atoms with van der Waals surface area (Å²) in [6, 6.07) is 15.2. The molecule has 1 amide bonds. The number of aromatic nitrogens is 2. The molecule has 3 aromatic carbocycles. The molecule has 9 heteroatoms. The minimum Gasteiger partial charge on any atom is -0.352 e. The SMILES string of the molecule is CCCNC(=O)c1ccc2c(=O)n(-c3cccc(F)c3)c(SCC(=O)c3ccc(F)cc3)nc2c1. The fraction of sp³-hybridized carbons (Fsp3) is 0.154. The maximum Gasteiger partial charge on any atom is 0.266 e. The van der Waals surface area contributed by atoms with E-state index in [1.54, 1.807) is 6.07 Å². The predicted octanol–water partition coefficient (Wildman–Crippen LogP) is 4.78. The first kappa shape index (κ1) is 24.3. The van der Waals surface area contributed by atoms with Gasteiger partial charge < -0.3 is 5.32 Å². The number of halogens is 2. The third-order valence-corrected chi connectivity index (χ3v) is 6.14. The van der Waals surface area contributed by atoms with Crippen LogP contribution in [-0.2, 0) is 0 Å². The quantitative estimate of drug-likeness (QED) is 0.217. The molecule has 0 atom stereocenters. The number of rotatable bonds is 8. The van der Waals surface area contributed by atoms with E-state index in [-0.39, 0.29) is 39.2 Å². The number of amides is 1. The van der Waals surface area contributed by atoms with Crippen molar-refractivity contribution in [2.75, 3.05) is 12.3 Å². The van der Waals surface area contributed by atoms with Crippen LogP contribution < -0.4 is 10.9 Å². The molecule has 0 radical (unpaired) electrons. The summed E-state index contributed by atoms with van der Waals surface area (Å²) < 4.78 is 28.4. The summed E-state index contributed by atoms with van der Waals surface area (Å²) in [5.41, 5.74) is 0.737. The summed E-state index contributed by atoms with van der Waals surface area (Å²) in [4.78, 5) is 43.0. The molecule has 1 heterocycles. The van der Waals surface area contributed by atoms with Crippen molar-refractivity contribution in [3.63, 3.8) is 0 Å². The van der Waals surface area contributed by atoms with Gasteiger partial charge in [0.2, 0.25) is 0 Å². The van der Waals surface area contributed by atoms with Crippen molar-refractivity contribution in [1.29, 1.82) is 0 Å². The Kier molecular flexibility index (Phi) is 7.36. The molecule has 0 aliphatic heterocycles. The van der Waals surface area contributed by atoms with Crippen LogP contribution in [0.2, 0.25) is 0 Å². The lowest BCUT2D eigenvalue weighted by Gasteiger charge is -2.14. The van der Waals surface area contributed by atoms with E-state index < -0.39 is 17.2 Å². The fourth-order valence-electron chi connectivity index (χ4n) is 3.44. The van der Waals surface area contributed by atoms with E-state index in [0.717, 1.165) is 18.2 Å². The van der Waals surface area contributed by atoms with Gasteiger partial charge in [-0.1, -0.05) is 24.8 Å². The first-order chi connectivity index (χ1) is 16.9. The predicted molar refractivity (Wildman–Crippen MR) is 131 cm³/mol. The first-order valence-corrected chi connectivity index (χ1v) is 11.9. The second kappa shape index (κ2) is 10.6. The minimum atomic E-state index is -0.532. The Morgan fingerprint density at radius 3 is 2.43 bits per heavy atom. The van der Waals surface area contributed by atoms with Gasteiger partial charge in [0.25, 0.3) is 11.5 Å². The lowest BCUT2D eigenvalue weighted by Crippen LogP contribution is -2.25. The molecule has 1 N–H and O–H groups in total. The number of ketones is 1. The number of benzene rings is 3. The number of Topliss-reactive ketones (excluding diaryl/α,β-unsaturated/α-hetero) is 1. The Hall–Kier alpha value is -3.85. The largest absolute Gasteiger partial charge is 0.352 e. The molecule has 6 nitrogen and oxygen atoms in total. The maximum absolute atomic E-state index is 14.0. The smallest absolute Gasteiger partial charge is 0.266 e. The van der Waals surface area contributed by atoms with Crippen molar-refractivity contribution >= 4 is 34.4 Å². The monoisotopic (exact) mass is 493 g/mol. The highest BCUT2D eigenvalue weighted by Gasteiger charge is 2.17. The molecule has 4 aromatic rings. The van der Waals surface area contributed by atoms with E-state index >= 15 is 0 Å². The first-order valence-electron chi connectivity index (χ1n) is 10.9. The van der Waals surface area contributed by atoms with Gasteiger partial charge in [-0.15, -0.1) is 0 Å². The molecule has 0 saturated carbocycles. The zero-order valence-corrected chi connectivity index (χ0v) is 19.6. The number of fused-ring (bicyclic) bond motifs is 1. The lowest BCUT2D eigenvalue weighted by atomic mass is 10.1. The van der Waals surface area contributed by atoms with Crippen LogP contribution in [-0.4, -0.2) is 33.5 Å². The zero-order chi connectivity index (χ0) is 24.9. The topological polar surface area (TPSA) is 81.1 Å². The minimum absolute atomic E-state index is 0.0877. The molecule has 4 rings (SSSR count). The molecule has 178 valence electrons. The summed E-state index contributed by atoms with van der Waals surface area (Å²) in [5, 5.41) is 3.19. The van der Waals surface area contributed by atoms with Crippen LogP contribution in [0.3, 0.4) is 0 Å². The van der Waals surface area contributed by atoms with Crippen molar-refractivity contribution in [2.45, 2.75) is 18.5 Å². The third kappa shape index (κ3) is 5.46.